The minimum atomic E-state index is 0.201. The Labute approximate surface area is 189 Å². The summed E-state index contributed by atoms with van der Waals surface area (Å²) in [5.41, 5.74) is 3.52. The molecule has 6 rings (SSSR count). The van der Waals surface area contributed by atoms with Crippen LogP contribution in [-0.2, 0) is 0 Å². The maximum atomic E-state index is 13.8. The molecular formula is C26H31N3OS. The van der Waals surface area contributed by atoms with E-state index in [1.54, 1.807) is 16.9 Å². The summed E-state index contributed by atoms with van der Waals surface area (Å²) in [6.45, 7) is 5.29. The molecule has 162 valence electrons. The van der Waals surface area contributed by atoms with Crippen LogP contribution in [0.2, 0.25) is 0 Å². The van der Waals surface area contributed by atoms with Gasteiger partial charge >= 0.3 is 0 Å². The molecular weight excluding hydrogens is 402 g/mol. The van der Waals surface area contributed by atoms with Crippen molar-refractivity contribution in [2.45, 2.75) is 57.5 Å². The van der Waals surface area contributed by atoms with Gasteiger partial charge < -0.3 is 4.90 Å². The summed E-state index contributed by atoms with van der Waals surface area (Å²) in [7, 11) is 0. The standard InChI is InChI=1S/C26H31N3OS/c1-17-24(31-25(27-17)18-8-3-2-4-9-18)26(30)29-13-7-10-19-14-20-15-21(23(19)29)16-28-12-6-5-11-22(20)28/h2-4,8-9,14,20-23H,5-7,10-13,15-16H2,1H3/t20-,21-,22-,23-/m0/s1. The highest BCUT2D eigenvalue weighted by molar-refractivity contribution is 7.17. The highest BCUT2D eigenvalue weighted by atomic mass is 32.1. The number of hydrogen-bond donors (Lipinski definition) is 0. The van der Waals surface area contributed by atoms with Gasteiger partial charge in [0.1, 0.15) is 9.88 Å². The summed E-state index contributed by atoms with van der Waals surface area (Å²) in [6.07, 6.45) is 10.2. The second-order valence-electron chi connectivity index (χ2n) is 9.81. The Morgan fingerprint density at radius 3 is 2.87 bits per heavy atom. The fourth-order valence-corrected chi connectivity index (χ4v) is 7.66. The van der Waals surface area contributed by atoms with Gasteiger partial charge in [-0.25, -0.2) is 4.98 Å². The molecule has 4 nitrogen and oxygen atoms in total. The average Bonchev–Trinajstić information content (AvgIpc) is 3.20. The van der Waals surface area contributed by atoms with Crippen molar-refractivity contribution in [3.63, 3.8) is 0 Å². The monoisotopic (exact) mass is 433 g/mol. The zero-order chi connectivity index (χ0) is 20.9. The van der Waals surface area contributed by atoms with Gasteiger partial charge in [-0.05, 0) is 57.4 Å². The third kappa shape index (κ3) is 3.37. The number of aromatic nitrogens is 1. The zero-order valence-electron chi connectivity index (χ0n) is 18.3. The van der Waals surface area contributed by atoms with Gasteiger partial charge in [-0.15, -0.1) is 11.3 Å². The van der Waals surface area contributed by atoms with Crippen molar-refractivity contribution >= 4 is 17.2 Å². The first-order valence-corrected chi connectivity index (χ1v) is 12.8. The molecule has 31 heavy (non-hydrogen) atoms. The summed E-state index contributed by atoms with van der Waals surface area (Å²) < 4.78 is 0. The van der Waals surface area contributed by atoms with E-state index in [4.69, 9.17) is 4.98 Å². The normalized spacial score (nSPS) is 30.4. The average molecular weight is 434 g/mol. The lowest BCUT2D eigenvalue weighted by Crippen LogP contribution is -2.60. The minimum absolute atomic E-state index is 0.201. The van der Waals surface area contributed by atoms with E-state index in [0.29, 0.717) is 17.9 Å². The molecule has 0 N–H and O–H groups in total. The molecule has 3 saturated heterocycles. The van der Waals surface area contributed by atoms with Gasteiger partial charge in [-0.2, -0.15) is 0 Å². The van der Waals surface area contributed by atoms with Crippen LogP contribution in [0, 0.1) is 18.8 Å². The molecule has 1 amide bonds. The molecule has 5 heteroatoms. The minimum Gasteiger partial charge on any atom is -0.331 e. The molecule has 1 aromatic carbocycles. The van der Waals surface area contributed by atoms with Crippen LogP contribution in [0.1, 0.15) is 53.9 Å². The number of aryl methyl sites for hydroxylation is 1. The van der Waals surface area contributed by atoms with Crippen LogP contribution in [-0.4, -0.2) is 52.4 Å². The molecule has 3 aliphatic heterocycles. The third-order valence-electron chi connectivity index (χ3n) is 7.93. The molecule has 1 aliphatic carbocycles. The lowest BCUT2D eigenvalue weighted by atomic mass is 9.68. The lowest BCUT2D eigenvalue weighted by molar-refractivity contribution is 0.00159. The number of thiazole rings is 1. The second-order valence-corrected chi connectivity index (χ2v) is 10.8. The van der Waals surface area contributed by atoms with E-state index in [0.717, 1.165) is 40.1 Å². The Morgan fingerprint density at radius 1 is 1.13 bits per heavy atom. The molecule has 2 aromatic rings. The van der Waals surface area contributed by atoms with Gasteiger partial charge in [0.15, 0.2) is 0 Å². The van der Waals surface area contributed by atoms with Gasteiger partial charge in [-0.1, -0.05) is 48.4 Å². The summed E-state index contributed by atoms with van der Waals surface area (Å²) in [6, 6.07) is 11.3. The number of amides is 1. The van der Waals surface area contributed by atoms with Crippen LogP contribution in [0.25, 0.3) is 10.6 Å². The first kappa shape index (κ1) is 19.7. The topological polar surface area (TPSA) is 36.4 Å². The van der Waals surface area contributed by atoms with Crippen molar-refractivity contribution in [3.05, 3.63) is 52.6 Å². The molecule has 2 bridgehead atoms. The van der Waals surface area contributed by atoms with Gasteiger partial charge in [0.2, 0.25) is 0 Å². The van der Waals surface area contributed by atoms with Crippen LogP contribution >= 0.6 is 11.3 Å². The Bertz CT molecular complexity index is 1010. The van der Waals surface area contributed by atoms with Crippen LogP contribution in [0.5, 0.6) is 0 Å². The largest absolute Gasteiger partial charge is 0.331 e. The van der Waals surface area contributed by atoms with Crippen molar-refractivity contribution in [1.29, 1.82) is 0 Å². The van der Waals surface area contributed by atoms with Gasteiger partial charge in [0.05, 0.1) is 11.7 Å². The van der Waals surface area contributed by atoms with E-state index in [2.05, 4.69) is 28.0 Å². The van der Waals surface area contributed by atoms with Crippen molar-refractivity contribution < 1.29 is 4.79 Å². The number of carbonyl (C=O) groups is 1. The highest BCUT2D eigenvalue weighted by Gasteiger charge is 2.47. The summed E-state index contributed by atoms with van der Waals surface area (Å²) in [5, 5.41) is 0.951. The molecule has 4 heterocycles. The Balaban J connectivity index is 1.31. The van der Waals surface area contributed by atoms with Crippen molar-refractivity contribution in [1.82, 2.24) is 14.8 Å². The third-order valence-corrected chi connectivity index (χ3v) is 9.12. The zero-order valence-corrected chi connectivity index (χ0v) is 19.1. The number of likely N-dealkylation sites (tertiary alicyclic amines) is 1. The van der Waals surface area contributed by atoms with Gasteiger partial charge in [-0.3, -0.25) is 9.69 Å². The lowest BCUT2D eigenvalue weighted by Gasteiger charge is -2.54. The first-order valence-electron chi connectivity index (χ1n) is 12.0. The number of fused-ring (bicyclic) bond motifs is 6. The van der Waals surface area contributed by atoms with E-state index < -0.39 is 0 Å². The highest BCUT2D eigenvalue weighted by Crippen LogP contribution is 2.45. The first-order chi connectivity index (χ1) is 15.2. The summed E-state index contributed by atoms with van der Waals surface area (Å²) in [4.78, 5) is 24.4. The van der Waals surface area contributed by atoms with Crippen LogP contribution in [0.3, 0.4) is 0 Å². The second kappa shape index (κ2) is 7.86. The number of carbonyl (C=O) groups excluding carboxylic acids is 1. The predicted octanol–water partition coefficient (Wildman–Crippen LogP) is 5.15. The van der Waals surface area contributed by atoms with Gasteiger partial charge in [0, 0.05) is 24.7 Å². The smallest absolute Gasteiger partial charge is 0.266 e. The van der Waals surface area contributed by atoms with Gasteiger partial charge in [0.25, 0.3) is 5.91 Å². The Kier molecular flexibility index (Phi) is 4.99. The molecule has 0 unspecified atom stereocenters. The number of piperidine rings is 3. The van der Waals surface area contributed by atoms with E-state index >= 15 is 0 Å². The molecule has 1 aromatic heterocycles. The Morgan fingerprint density at radius 2 is 2.00 bits per heavy atom. The molecule has 4 atom stereocenters. The number of benzene rings is 1. The molecule has 4 aliphatic rings. The van der Waals surface area contributed by atoms with Crippen molar-refractivity contribution in [2.24, 2.45) is 11.8 Å². The van der Waals surface area contributed by atoms with E-state index in [1.165, 1.54) is 45.2 Å². The molecule has 0 saturated carbocycles. The number of hydrogen-bond acceptors (Lipinski definition) is 4. The quantitative estimate of drug-likeness (QED) is 0.614. The van der Waals surface area contributed by atoms with Crippen LogP contribution < -0.4 is 0 Å². The van der Waals surface area contributed by atoms with Crippen molar-refractivity contribution in [2.75, 3.05) is 19.6 Å². The number of rotatable bonds is 2. The van der Waals surface area contributed by atoms with Crippen molar-refractivity contribution in [3.8, 4) is 10.6 Å². The molecule has 3 fully saturated rings. The fraction of sp³-hybridized carbons (Fsp3) is 0.538. The van der Waals surface area contributed by atoms with E-state index in [1.807, 2.05) is 25.1 Å². The van der Waals surface area contributed by atoms with Crippen LogP contribution in [0.15, 0.2) is 42.0 Å². The van der Waals surface area contributed by atoms with E-state index in [9.17, 15) is 4.79 Å². The maximum absolute atomic E-state index is 13.8. The van der Waals surface area contributed by atoms with Crippen LogP contribution in [0.4, 0.5) is 0 Å². The summed E-state index contributed by atoms with van der Waals surface area (Å²) in [5.74, 6) is 1.49. The summed E-state index contributed by atoms with van der Waals surface area (Å²) >= 11 is 1.56. The molecule has 0 radical (unpaired) electrons. The predicted molar refractivity (Wildman–Crippen MR) is 125 cm³/mol. The maximum Gasteiger partial charge on any atom is 0.266 e. The van der Waals surface area contributed by atoms with E-state index in [-0.39, 0.29) is 5.91 Å². The SMILES string of the molecule is Cc1nc(-c2ccccc2)sc1C(=O)N1CCCC2=C[C@H]3C[C@@H](CN4CCCC[C@@H]34)[C@H]21. The number of nitrogens with zero attached hydrogens (tertiary/aromatic N) is 3. The Hall–Kier alpha value is -1.98. The fourth-order valence-electron chi connectivity index (χ4n) is 6.63. The molecule has 0 spiro atoms.